The lowest BCUT2D eigenvalue weighted by Gasteiger charge is -2.31. The van der Waals surface area contributed by atoms with Crippen molar-refractivity contribution in [2.24, 2.45) is 16.8 Å². The van der Waals surface area contributed by atoms with E-state index in [4.69, 9.17) is 10.00 Å². The summed E-state index contributed by atoms with van der Waals surface area (Å²) in [6.45, 7) is 2.31. The summed E-state index contributed by atoms with van der Waals surface area (Å²) in [5.74, 6) is -0.545. The molecule has 6 nitrogen and oxygen atoms in total. The molecule has 2 aliphatic rings. The molecule has 1 fully saturated rings. The van der Waals surface area contributed by atoms with Crippen LogP contribution in [0.2, 0.25) is 0 Å². The van der Waals surface area contributed by atoms with Crippen LogP contribution in [0.25, 0.3) is 0 Å². The number of hydrogen-bond donors (Lipinski definition) is 1. The molecule has 1 aromatic rings. The quantitative estimate of drug-likeness (QED) is 0.799. The number of aliphatic imine (C=N–C) groups is 1. The standard InChI is InChI=1S/C21H25N3O3/c1-2-17-18(20(25)27-13-15-6-4-3-5-7-15)19(24-21(26)23-17)16-10-8-14(12-22)9-11-16/h8-11,15,18-19H,2-7,13H2,1H3,(H,24,26). The first kappa shape index (κ1) is 19.1. The van der Waals surface area contributed by atoms with Crippen molar-refractivity contribution in [3.63, 3.8) is 0 Å². The van der Waals surface area contributed by atoms with Crippen molar-refractivity contribution >= 4 is 17.7 Å². The molecule has 1 aliphatic carbocycles. The van der Waals surface area contributed by atoms with Crippen LogP contribution >= 0.6 is 0 Å². The Morgan fingerprint density at radius 1 is 1.26 bits per heavy atom. The van der Waals surface area contributed by atoms with Gasteiger partial charge >= 0.3 is 12.0 Å². The summed E-state index contributed by atoms with van der Waals surface area (Å²) >= 11 is 0. The Bertz CT molecular complexity index is 758. The number of ether oxygens (including phenoxy) is 1. The minimum absolute atomic E-state index is 0.337. The second-order valence-corrected chi connectivity index (χ2v) is 7.23. The lowest BCUT2D eigenvalue weighted by molar-refractivity contribution is -0.148. The van der Waals surface area contributed by atoms with E-state index in [1.807, 2.05) is 6.92 Å². The Balaban J connectivity index is 1.79. The van der Waals surface area contributed by atoms with Crippen LogP contribution in [0.3, 0.4) is 0 Å². The van der Waals surface area contributed by atoms with Gasteiger partial charge < -0.3 is 10.1 Å². The molecule has 2 unspecified atom stereocenters. The van der Waals surface area contributed by atoms with Gasteiger partial charge in [-0.3, -0.25) is 4.79 Å². The lowest BCUT2D eigenvalue weighted by atomic mass is 9.86. The van der Waals surface area contributed by atoms with E-state index in [2.05, 4.69) is 16.4 Å². The van der Waals surface area contributed by atoms with Crippen LogP contribution in [0.4, 0.5) is 4.79 Å². The van der Waals surface area contributed by atoms with E-state index in [1.165, 1.54) is 19.3 Å². The Hall–Kier alpha value is -2.68. The summed E-state index contributed by atoms with van der Waals surface area (Å²) in [4.78, 5) is 28.9. The minimum Gasteiger partial charge on any atom is -0.465 e. The minimum atomic E-state index is -0.635. The van der Waals surface area contributed by atoms with Gasteiger partial charge in [0.1, 0.15) is 5.92 Å². The number of nitriles is 1. The number of hydrogen-bond acceptors (Lipinski definition) is 4. The number of amides is 2. The predicted molar refractivity (Wildman–Crippen MR) is 101 cm³/mol. The average molecular weight is 367 g/mol. The van der Waals surface area contributed by atoms with Gasteiger partial charge in [-0.15, -0.1) is 0 Å². The first-order chi connectivity index (χ1) is 13.1. The van der Waals surface area contributed by atoms with E-state index in [0.717, 1.165) is 18.4 Å². The van der Waals surface area contributed by atoms with Crippen molar-refractivity contribution in [1.82, 2.24) is 5.32 Å². The third kappa shape index (κ3) is 4.54. The maximum absolute atomic E-state index is 12.9. The fraction of sp³-hybridized carbons (Fsp3) is 0.524. The van der Waals surface area contributed by atoms with Crippen molar-refractivity contribution in [3.8, 4) is 6.07 Å². The SMILES string of the molecule is CCC1=NC(=O)NC(c2ccc(C#N)cc2)C1C(=O)OCC1CCCCC1. The van der Waals surface area contributed by atoms with Crippen LogP contribution < -0.4 is 5.32 Å². The topological polar surface area (TPSA) is 91.5 Å². The number of rotatable bonds is 5. The summed E-state index contributed by atoms with van der Waals surface area (Å²) < 4.78 is 5.66. The summed E-state index contributed by atoms with van der Waals surface area (Å²) in [5.41, 5.74) is 1.84. The van der Waals surface area contributed by atoms with Crippen LogP contribution in [-0.2, 0) is 9.53 Å². The van der Waals surface area contributed by atoms with Crippen molar-refractivity contribution in [3.05, 3.63) is 35.4 Å². The fourth-order valence-electron chi connectivity index (χ4n) is 3.90. The number of benzene rings is 1. The van der Waals surface area contributed by atoms with Gasteiger partial charge in [-0.1, -0.05) is 38.3 Å². The van der Waals surface area contributed by atoms with Gasteiger partial charge in [0.05, 0.1) is 24.3 Å². The normalized spacial score (nSPS) is 23.1. The van der Waals surface area contributed by atoms with E-state index < -0.39 is 18.0 Å². The molecular weight excluding hydrogens is 342 g/mol. The van der Waals surface area contributed by atoms with E-state index in [0.29, 0.717) is 30.2 Å². The molecule has 2 atom stereocenters. The zero-order valence-corrected chi connectivity index (χ0v) is 15.6. The molecule has 1 aliphatic heterocycles. The van der Waals surface area contributed by atoms with Crippen molar-refractivity contribution in [2.45, 2.75) is 51.5 Å². The lowest BCUT2D eigenvalue weighted by Crippen LogP contribution is -2.45. The molecule has 0 saturated heterocycles. The van der Waals surface area contributed by atoms with Crippen LogP contribution in [-0.4, -0.2) is 24.3 Å². The predicted octanol–water partition coefficient (Wildman–Crippen LogP) is 3.91. The number of carbonyl (C=O) groups is 2. The van der Waals surface area contributed by atoms with Crippen LogP contribution in [0, 0.1) is 23.2 Å². The molecule has 0 spiro atoms. The van der Waals surface area contributed by atoms with E-state index in [-0.39, 0.29) is 5.97 Å². The molecule has 1 N–H and O–H groups in total. The van der Waals surface area contributed by atoms with E-state index in [1.54, 1.807) is 24.3 Å². The first-order valence-corrected chi connectivity index (χ1v) is 9.67. The molecule has 3 rings (SSSR count). The highest BCUT2D eigenvalue weighted by atomic mass is 16.5. The van der Waals surface area contributed by atoms with Crippen LogP contribution in [0.5, 0.6) is 0 Å². The number of carbonyl (C=O) groups excluding carboxylic acids is 2. The monoisotopic (exact) mass is 367 g/mol. The number of urea groups is 1. The van der Waals surface area contributed by atoms with Gasteiger partial charge in [-0.25, -0.2) is 9.79 Å². The Morgan fingerprint density at radius 3 is 2.59 bits per heavy atom. The highest BCUT2D eigenvalue weighted by Gasteiger charge is 2.39. The molecule has 1 saturated carbocycles. The highest BCUT2D eigenvalue weighted by molar-refractivity contribution is 6.09. The third-order valence-corrected chi connectivity index (χ3v) is 5.42. The molecule has 2 amide bonds. The fourth-order valence-corrected chi connectivity index (χ4v) is 3.90. The Kier molecular flexibility index (Phi) is 6.23. The van der Waals surface area contributed by atoms with Crippen molar-refractivity contribution in [1.29, 1.82) is 5.26 Å². The van der Waals surface area contributed by atoms with Gasteiger partial charge in [0.25, 0.3) is 0 Å². The van der Waals surface area contributed by atoms with Gasteiger partial charge in [0.15, 0.2) is 0 Å². The Morgan fingerprint density at radius 2 is 1.96 bits per heavy atom. The van der Waals surface area contributed by atoms with Crippen LogP contribution in [0.15, 0.2) is 29.3 Å². The first-order valence-electron chi connectivity index (χ1n) is 9.67. The molecule has 0 radical (unpaired) electrons. The van der Waals surface area contributed by atoms with E-state index in [9.17, 15) is 9.59 Å². The third-order valence-electron chi connectivity index (χ3n) is 5.42. The molecule has 1 aromatic carbocycles. The highest BCUT2D eigenvalue weighted by Crippen LogP contribution is 2.30. The molecule has 0 bridgehead atoms. The zero-order valence-electron chi connectivity index (χ0n) is 15.6. The second kappa shape index (κ2) is 8.81. The molecule has 142 valence electrons. The van der Waals surface area contributed by atoms with Crippen molar-refractivity contribution < 1.29 is 14.3 Å². The summed E-state index contributed by atoms with van der Waals surface area (Å²) in [5, 5.41) is 11.8. The largest absolute Gasteiger partial charge is 0.465 e. The number of nitrogens with zero attached hydrogens (tertiary/aromatic N) is 2. The number of nitrogens with one attached hydrogen (secondary N) is 1. The molecule has 27 heavy (non-hydrogen) atoms. The van der Waals surface area contributed by atoms with Crippen LogP contribution in [0.1, 0.15) is 62.6 Å². The van der Waals surface area contributed by atoms with Crippen molar-refractivity contribution in [2.75, 3.05) is 6.61 Å². The smallest absolute Gasteiger partial charge is 0.341 e. The van der Waals surface area contributed by atoms with Gasteiger partial charge in [0, 0.05) is 5.71 Å². The molecular formula is C21H25N3O3. The molecule has 0 aromatic heterocycles. The van der Waals surface area contributed by atoms with Gasteiger partial charge in [-0.2, -0.15) is 5.26 Å². The maximum Gasteiger partial charge on any atom is 0.341 e. The van der Waals surface area contributed by atoms with E-state index >= 15 is 0 Å². The zero-order chi connectivity index (χ0) is 19.2. The molecule has 6 heteroatoms. The molecule has 1 heterocycles. The maximum atomic E-state index is 12.9. The van der Waals surface area contributed by atoms with Gasteiger partial charge in [-0.05, 0) is 42.9 Å². The average Bonchev–Trinajstić information content (AvgIpc) is 2.72. The summed E-state index contributed by atoms with van der Waals surface area (Å²) in [6.07, 6.45) is 6.34. The number of esters is 1. The van der Waals surface area contributed by atoms with Gasteiger partial charge in [0.2, 0.25) is 0 Å². The summed E-state index contributed by atoms with van der Waals surface area (Å²) in [7, 11) is 0. The second-order valence-electron chi connectivity index (χ2n) is 7.23. The Labute approximate surface area is 159 Å². The summed E-state index contributed by atoms with van der Waals surface area (Å²) in [6, 6.07) is 8.00.